The van der Waals surface area contributed by atoms with Crippen molar-refractivity contribution in [1.82, 2.24) is 0 Å². The van der Waals surface area contributed by atoms with Gasteiger partial charge in [-0.3, -0.25) is 4.79 Å². The van der Waals surface area contributed by atoms with Crippen molar-refractivity contribution >= 4 is 17.4 Å². The Balaban J connectivity index is 2.23. The third kappa shape index (κ3) is 3.21. The lowest BCUT2D eigenvalue weighted by atomic mass is 9.99. The van der Waals surface area contributed by atoms with Gasteiger partial charge < -0.3 is 0 Å². The van der Waals surface area contributed by atoms with E-state index in [1.165, 1.54) is 6.07 Å². The lowest BCUT2D eigenvalue weighted by Crippen LogP contribution is -2.05. The summed E-state index contributed by atoms with van der Waals surface area (Å²) < 4.78 is 13.6. The van der Waals surface area contributed by atoms with Gasteiger partial charge in [0.2, 0.25) is 0 Å². The highest BCUT2D eigenvalue weighted by Crippen LogP contribution is 2.17. The van der Waals surface area contributed by atoms with Gasteiger partial charge in [0, 0.05) is 17.0 Å². The van der Waals surface area contributed by atoms with E-state index >= 15 is 0 Å². The van der Waals surface area contributed by atoms with Crippen LogP contribution in [0.15, 0.2) is 36.4 Å². The summed E-state index contributed by atoms with van der Waals surface area (Å²) in [5.74, 6) is -0.533. The summed E-state index contributed by atoms with van der Waals surface area (Å²) in [6, 6.07) is 9.89. The highest BCUT2D eigenvalue weighted by Gasteiger charge is 2.11. The van der Waals surface area contributed by atoms with E-state index in [2.05, 4.69) is 0 Å². The van der Waals surface area contributed by atoms with Crippen molar-refractivity contribution in [3.8, 4) is 0 Å². The molecule has 0 spiro atoms. The summed E-state index contributed by atoms with van der Waals surface area (Å²) >= 11 is 5.68. The first-order valence-corrected chi connectivity index (χ1v) is 6.39. The van der Waals surface area contributed by atoms with E-state index in [1.807, 2.05) is 26.0 Å². The molecule has 2 aromatic rings. The van der Waals surface area contributed by atoms with Crippen LogP contribution in [0.1, 0.15) is 27.0 Å². The van der Waals surface area contributed by atoms with Gasteiger partial charge in [-0.05, 0) is 48.7 Å². The van der Waals surface area contributed by atoms with Crippen LogP contribution in [0.4, 0.5) is 4.39 Å². The van der Waals surface area contributed by atoms with Gasteiger partial charge in [-0.25, -0.2) is 4.39 Å². The van der Waals surface area contributed by atoms with E-state index in [0.29, 0.717) is 16.1 Å². The standard InChI is InChI=1S/C16H14ClFO/c1-10-3-4-13(7-11(10)2)16(19)8-12-5-6-14(17)9-15(12)18/h3-7,9H,8H2,1-2H3. The molecule has 0 radical (unpaired) electrons. The first-order valence-electron chi connectivity index (χ1n) is 6.02. The monoisotopic (exact) mass is 276 g/mol. The average molecular weight is 277 g/mol. The smallest absolute Gasteiger partial charge is 0.167 e. The van der Waals surface area contributed by atoms with Crippen LogP contribution in [0.5, 0.6) is 0 Å². The Morgan fingerprint density at radius 1 is 1.11 bits per heavy atom. The summed E-state index contributed by atoms with van der Waals surface area (Å²) in [5, 5.41) is 0.333. The quantitative estimate of drug-likeness (QED) is 0.753. The maximum atomic E-state index is 13.6. The minimum absolute atomic E-state index is 0.0471. The van der Waals surface area contributed by atoms with Crippen molar-refractivity contribution in [1.29, 1.82) is 0 Å². The zero-order valence-corrected chi connectivity index (χ0v) is 11.6. The maximum Gasteiger partial charge on any atom is 0.167 e. The normalized spacial score (nSPS) is 10.5. The molecule has 0 amide bonds. The minimum atomic E-state index is -0.440. The molecule has 0 unspecified atom stereocenters. The summed E-state index contributed by atoms with van der Waals surface area (Å²) in [5.41, 5.74) is 3.17. The zero-order chi connectivity index (χ0) is 14.0. The first-order chi connectivity index (χ1) is 8.97. The van der Waals surface area contributed by atoms with Crippen LogP contribution in [0.3, 0.4) is 0 Å². The molecule has 0 aliphatic rings. The number of ketones is 1. The van der Waals surface area contributed by atoms with Crippen LogP contribution in [0, 0.1) is 19.7 Å². The molecule has 1 nitrogen and oxygen atoms in total. The molecule has 2 rings (SSSR count). The highest BCUT2D eigenvalue weighted by molar-refractivity contribution is 6.30. The average Bonchev–Trinajstić information content (AvgIpc) is 2.36. The molecule has 0 saturated carbocycles. The molecule has 19 heavy (non-hydrogen) atoms. The topological polar surface area (TPSA) is 17.1 Å². The van der Waals surface area contributed by atoms with Crippen molar-refractivity contribution < 1.29 is 9.18 Å². The molecule has 0 heterocycles. The molecule has 0 aliphatic heterocycles. The molecule has 0 atom stereocenters. The molecule has 0 saturated heterocycles. The van der Waals surface area contributed by atoms with E-state index in [0.717, 1.165) is 11.1 Å². The Morgan fingerprint density at radius 2 is 1.84 bits per heavy atom. The fourth-order valence-corrected chi connectivity index (χ4v) is 2.01. The van der Waals surface area contributed by atoms with Crippen molar-refractivity contribution in [2.75, 3.05) is 0 Å². The Morgan fingerprint density at radius 3 is 2.47 bits per heavy atom. The molecule has 2 aromatic carbocycles. The molecule has 0 fully saturated rings. The number of rotatable bonds is 3. The summed E-state index contributed by atoms with van der Waals surface area (Å²) in [4.78, 5) is 12.1. The van der Waals surface area contributed by atoms with Crippen LogP contribution in [0.2, 0.25) is 5.02 Å². The summed E-state index contributed by atoms with van der Waals surface area (Å²) in [6.45, 7) is 3.94. The Hall–Kier alpha value is -1.67. The van der Waals surface area contributed by atoms with Gasteiger partial charge in [-0.15, -0.1) is 0 Å². The second kappa shape index (κ2) is 5.54. The number of Topliss-reactive ketones (excluding diaryl/α,β-unsaturated/α-hetero) is 1. The Labute approximate surface area is 117 Å². The lowest BCUT2D eigenvalue weighted by molar-refractivity contribution is 0.0991. The van der Waals surface area contributed by atoms with Gasteiger partial charge in [0.25, 0.3) is 0 Å². The van der Waals surface area contributed by atoms with Crippen molar-refractivity contribution in [3.63, 3.8) is 0 Å². The maximum absolute atomic E-state index is 13.6. The fourth-order valence-electron chi connectivity index (χ4n) is 1.85. The Kier molecular flexibility index (Phi) is 4.01. The molecule has 3 heteroatoms. The second-order valence-corrected chi connectivity index (χ2v) is 5.07. The van der Waals surface area contributed by atoms with Gasteiger partial charge in [0.05, 0.1) is 0 Å². The number of hydrogen-bond donors (Lipinski definition) is 0. The van der Waals surface area contributed by atoms with Crippen LogP contribution >= 0.6 is 11.6 Å². The number of carbonyl (C=O) groups excluding carboxylic acids is 1. The van der Waals surface area contributed by atoms with Crippen LogP contribution in [-0.4, -0.2) is 5.78 Å². The van der Waals surface area contributed by atoms with Gasteiger partial charge in [0.15, 0.2) is 5.78 Å². The molecule has 98 valence electrons. The SMILES string of the molecule is Cc1ccc(C(=O)Cc2ccc(Cl)cc2F)cc1C. The molecule has 0 aliphatic carbocycles. The Bertz CT molecular complexity index is 635. The number of benzene rings is 2. The third-order valence-electron chi connectivity index (χ3n) is 3.20. The fraction of sp³-hybridized carbons (Fsp3) is 0.188. The van der Waals surface area contributed by atoms with E-state index in [-0.39, 0.29) is 12.2 Å². The van der Waals surface area contributed by atoms with Gasteiger partial charge in [-0.1, -0.05) is 29.8 Å². The van der Waals surface area contributed by atoms with Gasteiger partial charge in [-0.2, -0.15) is 0 Å². The third-order valence-corrected chi connectivity index (χ3v) is 3.43. The number of aryl methyl sites for hydroxylation is 2. The summed E-state index contributed by atoms with van der Waals surface area (Å²) in [7, 11) is 0. The van der Waals surface area contributed by atoms with Gasteiger partial charge in [0.1, 0.15) is 5.82 Å². The zero-order valence-electron chi connectivity index (χ0n) is 10.8. The van der Waals surface area contributed by atoms with Crippen LogP contribution in [-0.2, 0) is 6.42 Å². The number of carbonyl (C=O) groups is 1. The van der Waals surface area contributed by atoms with Crippen LogP contribution < -0.4 is 0 Å². The highest BCUT2D eigenvalue weighted by atomic mass is 35.5. The molecule has 0 N–H and O–H groups in total. The van der Waals surface area contributed by atoms with Crippen molar-refractivity contribution in [2.45, 2.75) is 20.3 Å². The number of hydrogen-bond acceptors (Lipinski definition) is 1. The van der Waals surface area contributed by atoms with E-state index in [4.69, 9.17) is 11.6 Å². The molecule has 0 bridgehead atoms. The summed E-state index contributed by atoms with van der Waals surface area (Å²) in [6.07, 6.45) is 0.0471. The largest absolute Gasteiger partial charge is 0.294 e. The molecular weight excluding hydrogens is 263 g/mol. The molecular formula is C16H14ClFO. The van der Waals surface area contributed by atoms with Crippen LogP contribution in [0.25, 0.3) is 0 Å². The lowest BCUT2D eigenvalue weighted by Gasteiger charge is -2.06. The predicted octanol–water partition coefficient (Wildman–Crippen LogP) is 4.52. The molecule has 0 aromatic heterocycles. The van der Waals surface area contributed by atoms with Crippen molar-refractivity contribution in [3.05, 3.63) is 69.5 Å². The first kappa shape index (κ1) is 13.8. The van der Waals surface area contributed by atoms with E-state index in [1.54, 1.807) is 18.2 Å². The van der Waals surface area contributed by atoms with Crippen molar-refractivity contribution in [2.24, 2.45) is 0 Å². The van der Waals surface area contributed by atoms with Gasteiger partial charge >= 0.3 is 0 Å². The van der Waals surface area contributed by atoms with E-state index in [9.17, 15) is 9.18 Å². The predicted molar refractivity (Wildman–Crippen MR) is 75.4 cm³/mol. The number of halogens is 2. The van der Waals surface area contributed by atoms with E-state index < -0.39 is 5.82 Å². The minimum Gasteiger partial charge on any atom is -0.294 e. The second-order valence-electron chi connectivity index (χ2n) is 4.63.